The Labute approximate surface area is 138 Å². The first-order valence-corrected chi connectivity index (χ1v) is 9.58. The monoisotopic (exact) mass is 348 g/mol. The molecule has 1 N–H and O–H groups in total. The van der Waals surface area contributed by atoms with Gasteiger partial charge in [0.05, 0.1) is 29.9 Å². The van der Waals surface area contributed by atoms with Crippen molar-refractivity contribution in [2.75, 3.05) is 0 Å². The van der Waals surface area contributed by atoms with Gasteiger partial charge in [-0.15, -0.1) is 5.10 Å². The Hall–Kier alpha value is -2.03. The lowest BCUT2D eigenvalue weighted by Crippen LogP contribution is -2.24. The number of sulfonamides is 1. The molecule has 2 heterocycles. The Morgan fingerprint density at radius 2 is 2.17 bits per heavy atom. The van der Waals surface area contributed by atoms with Gasteiger partial charge in [0.1, 0.15) is 0 Å². The van der Waals surface area contributed by atoms with Gasteiger partial charge in [-0.3, -0.25) is 0 Å². The van der Waals surface area contributed by atoms with Crippen LogP contribution in [0, 0.1) is 6.92 Å². The van der Waals surface area contributed by atoms with Crippen molar-refractivity contribution >= 4 is 21.4 Å². The molecule has 0 atom stereocenters. The second-order valence-electron chi connectivity index (χ2n) is 5.21. The zero-order valence-corrected chi connectivity index (χ0v) is 14.1. The number of nitrogens with zero attached hydrogens (tertiary/aromatic N) is 3. The Bertz CT molecular complexity index is 886. The summed E-state index contributed by atoms with van der Waals surface area (Å²) in [6, 6.07) is 9.38. The third-order valence-corrected chi connectivity index (χ3v) is 5.19. The van der Waals surface area contributed by atoms with Crippen LogP contribution in [0.5, 0.6) is 0 Å². The zero-order valence-electron chi connectivity index (χ0n) is 12.5. The fourth-order valence-electron chi connectivity index (χ4n) is 2.15. The van der Waals surface area contributed by atoms with Crippen molar-refractivity contribution in [1.82, 2.24) is 19.7 Å². The van der Waals surface area contributed by atoms with Gasteiger partial charge in [-0.2, -0.15) is 11.3 Å². The van der Waals surface area contributed by atoms with Gasteiger partial charge in [0.15, 0.2) is 0 Å². The minimum Gasteiger partial charge on any atom is -0.220 e. The van der Waals surface area contributed by atoms with Gasteiger partial charge in [0, 0.05) is 5.38 Å². The van der Waals surface area contributed by atoms with E-state index in [1.54, 1.807) is 28.3 Å². The molecule has 120 valence electrons. The summed E-state index contributed by atoms with van der Waals surface area (Å²) in [6.45, 7) is 2.06. The summed E-state index contributed by atoms with van der Waals surface area (Å²) in [7, 11) is -3.42. The number of benzene rings is 1. The molecule has 6 nitrogen and oxygen atoms in total. The van der Waals surface area contributed by atoms with Crippen LogP contribution in [0.3, 0.4) is 0 Å². The van der Waals surface area contributed by atoms with Crippen LogP contribution in [0.4, 0.5) is 0 Å². The standard InChI is InChI=1S/C15H16N4O2S2/c1-12-3-2-4-13(7-12)11-23(20,21)16-8-14-9-19(18-17-14)15-5-6-22-10-15/h2-7,9-10,16H,8,11H2,1H3. The van der Waals surface area contributed by atoms with Crippen LogP contribution < -0.4 is 4.72 Å². The number of thiophene rings is 1. The van der Waals surface area contributed by atoms with Crippen LogP contribution >= 0.6 is 11.3 Å². The topological polar surface area (TPSA) is 76.9 Å². The third-order valence-electron chi connectivity index (χ3n) is 3.22. The number of hydrogen-bond donors (Lipinski definition) is 1. The highest BCUT2D eigenvalue weighted by molar-refractivity contribution is 7.88. The fourth-order valence-corrected chi connectivity index (χ4v) is 3.86. The molecule has 0 radical (unpaired) electrons. The quantitative estimate of drug-likeness (QED) is 0.741. The van der Waals surface area contributed by atoms with E-state index in [2.05, 4.69) is 15.0 Å². The smallest absolute Gasteiger partial charge is 0.216 e. The highest BCUT2D eigenvalue weighted by Crippen LogP contribution is 2.11. The summed E-state index contributed by atoms with van der Waals surface area (Å²) in [5, 5.41) is 11.9. The number of hydrogen-bond acceptors (Lipinski definition) is 5. The van der Waals surface area contributed by atoms with E-state index in [0.717, 1.165) is 16.8 Å². The summed E-state index contributed by atoms with van der Waals surface area (Å²) in [6.07, 6.45) is 1.72. The lowest BCUT2D eigenvalue weighted by Gasteiger charge is -2.06. The van der Waals surface area contributed by atoms with Crippen molar-refractivity contribution in [3.8, 4) is 5.69 Å². The first-order chi connectivity index (χ1) is 11.0. The SMILES string of the molecule is Cc1cccc(CS(=O)(=O)NCc2cn(-c3ccsc3)nn2)c1. The molecule has 3 rings (SSSR count). The summed E-state index contributed by atoms with van der Waals surface area (Å²) >= 11 is 1.56. The van der Waals surface area contributed by atoms with E-state index in [0.29, 0.717) is 5.69 Å². The minimum absolute atomic E-state index is 0.0483. The molecule has 0 fully saturated rings. The molecule has 0 bridgehead atoms. The molecule has 1 aromatic carbocycles. The van der Waals surface area contributed by atoms with E-state index in [1.807, 2.05) is 41.9 Å². The number of aryl methyl sites for hydroxylation is 1. The molecule has 0 saturated heterocycles. The number of rotatable bonds is 6. The molecule has 0 unspecified atom stereocenters. The van der Waals surface area contributed by atoms with Crippen LogP contribution in [-0.2, 0) is 22.3 Å². The van der Waals surface area contributed by atoms with Crippen molar-refractivity contribution < 1.29 is 8.42 Å². The maximum absolute atomic E-state index is 12.2. The van der Waals surface area contributed by atoms with Crippen molar-refractivity contribution in [2.45, 2.75) is 19.2 Å². The lowest BCUT2D eigenvalue weighted by atomic mass is 10.2. The van der Waals surface area contributed by atoms with E-state index in [9.17, 15) is 8.42 Å². The van der Waals surface area contributed by atoms with E-state index in [4.69, 9.17) is 0 Å². The molecule has 0 amide bonds. The Morgan fingerprint density at radius 1 is 1.30 bits per heavy atom. The van der Waals surface area contributed by atoms with Gasteiger partial charge >= 0.3 is 0 Å². The average Bonchev–Trinajstić information content (AvgIpc) is 3.16. The fraction of sp³-hybridized carbons (Fsp3) is 0.200. The summed E-state index contributed by atoms with van der Waals surface area (Å²) in [5.74, 6) is -0.0483. The summed E-state index contributed by atoms with van der Waals surface area (Å²) in [5.41, 5.74) is 3.29. The second kappa shape index (κ2) is 6.61. The van der Waals surface area contributed by atoms with E-state index >= 15 is 0 Å². The van der Waals surface area contributed by atoms with Crippen molar-refractivity contribution in [2.24, 2.45) is 0 Å². The van der Waals surface area contributed by atoms with Crippen LogP contribution in [0.25, 0.3) is 5.69 Å². The van der Waals surface area contributed by atoms with E-state index < -0.39 is 10.0 Å². The number of aromatic nitrogens is 3. The summed E-state index contributed by atoms with van der Waals surface area (Å²) < 4.78 is 28.5. The minimum atomic E-state index is -3.42. The molecule has 0 aliphatic carbocycles. The molecule has 0 spiro atoms. The lowest BCUT2D eigenvalue weighted by molar-refractivity contribution is 0.579. The highest BCUT2D eigenvalue weighted by Gasteiger charge is 2.13. The highest BCUT2D eigenvalue weighted by atomic mass is 32.2. The maximum atomic E-state index is 12.2. The first-order valence-electron chi connectivity index (χ1n) is 6.98. The Balaban J connectivity index is 1.63. The van der Waals surface area contributed by atoms with Gasteiger partial charge in [0.2, 0.25) is 10.0 Å². The van der Waals surface area contributed by atoms with E-state index in [-0.39, 0.29) is 12.3 Å². The van der Waals surface area contributed by atoms with Gasteiger partial charge in [-0.1, -0.05) is 35.0 Å². The predicted octanol–water partition coefficient (Wildman–Crippen LogP) is 2.26. The largest absolute Gasteiger partial charge is 0.220 e. The van der Waals surface area contributed by atoms with Crippen molar-refractivity contribution in [3.05, 3.63) is 64.1 Å². The van der Waals surface area contributed by atoms with Crippen molar-refractivity contribution in [3.63, 3.8) is 0 Å². The van der Waals surface area contributed by atoms with Crippen LogP contribution in [-0.4, -0.2) is 23.4 Å². The Morgan fingerprint density at radius 3 is 2.91 bits per heavy atom. The van der Waals surface area contributed by atoms with Gasteiger partial charge < -0.3 is 0 Å². The number of nitrogens with one attached hydrogen (secondary N) is 1. The van der Waals surface area contributed by atoms with Gasteiger partial charge in [-0.25, -0.2) is 17.8 Å². The normalized spacial score (nSPS) is 11.7. The Kier molecular flexibility index (Phi) is 4.56. The molecule has 8 heteroatoms. The van der Waals surface area contributed by atoms with Crippen LogP contribution in [0.2, 0.25) is 0 Å². The zero-order chi connectivity index (χ0) is 16.3. The predicted molar refractivity (Wildman–Crippen MR) is 89.9 cm³/mol. The molecule has 3 aromatic rings. The molecule has 0 aliphatic rings. The van der Waals surface area contributed by atoms with Crippen LogP contribution in [0.15, 0.2) is 47.3 Å². The molecule has 23 heavy (non-hydrogen) atoms. The van der Waals surface area contributed by atoms with E-state index in [1.165, 1.54) is 0 Å². The van der Waals surface area contributed by atoms with Gasteiger partial charge in [-0.05, 0) is 23.9 Å². The van der Waals surface area contributed by atoms with Crippen molar-refractivity contribution in [1.29, 1.82) is 0 Å². The maximum Gasteiger partial charge on any atom is 0.216 e. The first kappa shape index (κ1) is 15.9. The molecular weight excluding hydrogens is 332 g/mol. The molecule has 0 saturated carbocycles. The summed E-state index contributed by atoms with van der Waals surface area (Å²) in [4.78, 5) is 0. The third kappa shape index (κ3) is 4.25. The molecular formula is C15H16N4O2S2. The molecule has 2 aromatic heterocycles. The molecule has 0 aliphatic heterocycles. The van der Waals surface area contributed by atoms with Crippen LogP contribution in [0.1, 0.15) is 16.8 Å². The van der Waals surface area contributed by atoms with Gasteiger partial charge in [0.25, 0.3) is 0 Å². The second-order valence-corrected chi connectivity index (χ2v) is 7.79. The average molecular weight is 348 g/mol.